The van der Waals surface area contributed by atoms with E-state index in [1.165, 1.54) is 180 Å². The van der Waals surface area contributed by atoms with Crippen LogP contribution in [0.5, 0.6) is 0 Å². The zero-order chi connectivity index (χ0) is 31.3. The molecule has 0 aromatic carbocycles. The van der Waals surface area contributed by atoms with Crippen LogP contribution in [0.3, 0.4) is 0 Å². The summed E-state index contributed by atoms with van der Waals surface area (Å²) in [6.07, 6.45) is 42.1. The maximum Gasteiger partial charge on any atom is 0.747 e. The first-order chi connectivity index (χ1) is 21.2. The third-order valence-electron chi connectivity index (χ3n) is 8.52. The van der Waals surface area contributed by atoms with Crippen molar-refractivity contribution in [3.05, 3.63) is 0 Å². The molecule has 7 heteroatoms. The summed E-state index contributed by atoms with van der Waals surface area (Å²) in [6.45, 7) is 5.32. The van der Waals surface area contributed by atoms with Crippen LogP contribution in [-0.2, 0) is 22.5 Å². The zero-order valence-corrected chi connectivity index (χ0v) is 30.8. The number of hydrogen-bond acceptors (Lipinski definition) is 5. The van der Waals surface area contributed by atoms with Crippen molar-refractivity contribution >= 4 is 16.5 Å². The Morgan fingerprint density at radius 3 is 0.698 bits per heavy atom. The first-order valence-electron chi connectivity index (χ1n) is 19.1. The summed E-state index contributed by atoms with van der Waals surface area (Å²) in [6, 6.07) is 0. The first-order valence-corrected chi connectivity index (χ1v) is 21.3. The van der Waals surface area contributed by atoms with Crippen molar-refractivity contribution in [2.45, 2.75) is 219 Å². The van der Waals surface area contributed by atoms with E-state index in [9.17, 15) is 9.13 Å². The molecule has 0 saturated heterocycles. The fourth-order valence-corrected chi connectivity index (χ4v) is 7.05. The van der Waals surface area contributed by atoms with Crippen LogP contribution >= 0.6 is 16.5 Å². The van der Waals surface area contributed by atoms with Gasteiger partial charge in [-0.2, -0.15) is 0 Å². The molecule has 0 saturated carbocycles. The Morgan fingerprint density at radius 1 is 0.302 bits per heavy atom. The van der Waals surface area contributed by atoms with Crippen molar-refractivity contribution < 1.29 is 22.5 Å². The Morgan fingerprint density at radius 2 is 0.488 bits per heavy atom. The van der Waals surface area contributed by atoms with Gasteiger partial charge in [-0.05, 0) is 12.8 Å². The summed E-state index contributed by atoms with van der Waals surface area (Å²) in [5.41, 5.74) is 0. The maximum atomic E-state index is 11.8. The summed E-state index contributed by atoms with van der Waals surface area (Å²) in [5.74, 6) is 0. The summed E-state index contributed by atoms with van der Waals surface area (Å²) in [7, 11) is -4.73. The molecule has 0 aliphatic rings. The molecular weight excluding hydrogens is 574 g/mol. The summed E-state index contributed by atoms with van der Waals surface area (Å²) in [4.78, 5) is 0. The van der Waals surface area contributed by atoms with Gasteiger partial charge >= 0.3 is 16.5 Å². The van der Waals surface area contributed by atoms with Crippen LogP contribution in [0.1, 0.15) is 219 Å². The second-order valence-corrected chi connectivity index (χ2v) is 14.9. The molecule has 256 valence electrons. The predicted octanol–water partition coefficient (Wildman–Crippen LogP) is 14.9. The van der Waals surface area contributed by atoms with Gasteiger partial charge in [0, 0.05) is 9.13 Å². The van der Waals surface area contributed by atoms with Crippen LogP contribution in [0.25, 0.3) is 0 Å². The third-order valence-corrected chi connectivity index (χ3v) is 10.4. The van der Waals surface area contributed by atoms with Gasteiger partial charge in [0.15, 0.2) is 4.31 Å². The van der Waals surface area contributed by atoms with E-state index in [1.54, 1.807) is 0 Å². The van der Waals surface area contributed by atoms with Crippen molar-refractivity contribution in [3.8, 4) is 0 Å². The van der Waals surface area contributed by atoms with Crippen molar-refractivity contribution in [1.29, 1.82) is 0 Å². The molecule has 0 N–H and O–H groups in total. The van der Waals surface area contributed by atoms with Crippen LogP contribution in [0.4, 0.5) is 0 Å². The van der Waals surface area contributed by atoms with Crippen LogP contribution in [0, 0.1) is 0 Å². The minimum Gasteiger partial charge on any atom is -0.116 e. The normalized spacial score (nSPS) is 12.2. The highest BCUT2D eigenvalue weighted by Crippen LogP contribution is 2.40. The Labute approximate surface area is 271 Å². The SMILES string of the molecule is CCCCCCCCCCCCCCCCCCO[P+](=O)O[P+](=O)OCCCCCCCCCCCCCCCCCC. The van der Waals surface area contributed by atoms with Crippen LogP contribution in [0.15, 0.2) is 0 Å². The second kappa shape index (κ2) is 38.3. The van der Waals surface area contributed by atoms with E-state index in [1.807, 2.05) is 0 Å². The Balaban J connectivity index is 3.26. The molecule has 0 bridgehead atoms. The van der Waals surface area contributed by atoms with E-state index in [-0.39, 0.29) is 0 Å². The fraction of sp³-hybridized carbons (Fsp3) is 1.00. The van der Waals surface area contributed by atoms with Crippen molar-refractivity contribution in [3.63, 3.8) is 0 Å². The molecule has 0 radical (unpaired) electrons. The summed E-state index contributed by atoms with van der Waals surface area (Å²) >= 11 is 0. The Kier molecular flexibility index (Phi) is 38.3. The average molecular weight is 649 g/mol. The number of unbranched alkanes of at least 4 members (excludes halogenated alkanes) is 30. The zero-order valence-electron chi connectivity index (χ0n) is 29.0. The van der Waals surface area contributed by atoms with E-state index in [4.69, 9.17) is 13.4 Å². The van der Waals surface area contributed by atoms with Crippen molar-refractivity contribution in [1.82, 2.24) is 0 Å². The molecule has 0 aliphatic carbocycles. The molecule has 0 fully saturated rings. The van der Waals surface area contributed by atoms with E-state index in [2.05, 4.69) is 13.8 Å². The highest BCUT2D eigenvalue weighted by Gasteiger charge is 2.39. The number of rotatable bonds is 38. The molecule has 0 spiro atoms. The van der Waals surface area contributed by atoms with E-state index in [0.717, 1.165) is 25.7 Å². The fourth-order valence-electron chi connectivity index (χ4n) is 5.68. The van der Waals surface area contributed by atoms with E-state index < -0.39 is 16.5 Å². The van der Waals surface area contributed by atoms with E-state index in [0.29, 0.717) is 13.2 Å². The van der Waals surface area contributed by atoms with Crippen LogP contribution < -0.4 is 0 Å². The lowest BCUT2D eigenvalue weighted by Crippen LogP contribution is -1.90. The van der Waals surface area contributed by atoms with Crippen LogP contribution in [0.2, 0.25) is 0 Å². The van der Waals surface area contributed by atoms with Gasteiger partial charge in [0.25, 0.3) is 0 Å². The van der Waals surface area contributed by atoms with Gasteiger partial charge in [0.2, 0.25) is 0 Å². The highest BCUT2D eigenvalue weighted by atomic mass is 31.2. The quantitative estimate of drug-likeness (QED) is 0.0492. The Bertz CT molecular complexity index is 528. The average Bonchev–Trinajstić information content (AvgIpc) is 3.00. The molecule has 0 aliphatic heterocycles. The molecule has 2 atom stereocenters. The van der Waals surface area contributed by atoms with Gasteiger partial charge < -0.3 is 0 Å². The van der Waals surface area contributed by atoms with Crippen molar-refractivity contribution in [2.75, 3.05) is 13.2 Å². The van der Waals surface area contributed by atoms with Gasteiger partial charge in [0.05, 0.1) is 0 Å². The van der Waals surface area contributed by atoms with E-state index >= 15 is 0 Å². The van der Waals surface area contributed by atoms with Gasteiger partial charge in [0.1, 0.15) is 13.2 Å². The molecule has 0 heterocycles. The minimum atomic E-state index is -2.37. The molecule has 0 aromatic heterocycles. The minimum absolute atomic E-state index is 0.385. The van der Waals surface area contributed by atoms with Gasteiger partial charge in [-0.1, -0.05) is 206 Å². The molecule has 2 unspecified atom stereocenters. The van der Waals surface area contributed by atoms with Gasteiger partial charge in [-0.15, -0.1) is 9.05 Å². The molecular formula is C36H74O5P2+2. The Hall–Kier alpha value is 0.0800. The van der Waals surface area contributed by atoms with Crippen LogP contribution in [-0.4, -0.2) is 13.2 Å². The van der Waals surface area contributed by atoms with Gasteiger partial charge in [-0.3, -0.25) is 0 Å². The standard InChI is InChI=1S/C36H74O5P2/c1-3-5-7-9-11-13-15-17-19-21-23-25-27-29-31-33-35-39-42(37)41-43(38)40-36-34-32-30-28-26-24-22-20-18-16-14-12-10-8-6-4-2/h3-36H2,1-2H3/q+2. The summed E-state index contributed by atoms with van der Waals surface area (Å²) < 4.78 is 38.9. The first kappa shape index (κ1) is 43.1. The van der Waals surface area contributed by atoms with Crippen molar-refractivity contribution in [2.24, 2.45) is 0 Å². The van der Waals surface area contributed by atoms with Gasteiger partial charge in [-0.25, -0.2) is 0 Å². The second-order valence-electron chi connectivity index (χ2n) is 12.8. The predicted molar refractivity (Wildman–Crippen MR) is 187 cm³/mol. The smallest absolute Gasteiger partial charge is 0.116 e. The highest BCUT2D eigenvalue weighted by molar-refractivity contribution is 7.47. The number of hydrogen-bond donors (Lipinski definition) is 0. The lowest BCUT2D eigenvalue weighted by molar-refractivity contribution is 0.246. The monoisotopic (exact) mass is 649 g/mol. The lowest BCUT2D eigenvalue weighted by atomic mass is 10.0. The molecule has 0 amide bonds. The molecule has 5 nitrogen and oxygen atoms in total. The maximum absolute atomic E-state index is 11.8. The largest absolute Gasteiger partial charge is 0.747 e. The lowest BCUT2D eigenvalue weighted by Gasteiger charge is -2.03. The summed E-state index contributed by atoms with van der Waals surface area (Å²) in [5, 5.41) is 0. The third kappa shape index (κ3) is 38.2. The molecule has 0 aromatic rings. The molecule has 0 rings (SSSR count). The topological polar surface area (TPSA) is 61.8 Å². The molecule has 43 heavy (non-hydrogen) atoms.